The van der Waals surface area contributed by atoms with Gasteiger partial charge in [0.2, 0.25) is 5.95 Å². The zero-order valence-corrected chi connectivity index (χ0v) is 24.7. The molecule has 4 rings (SSSR count). The van der Waals surface area contributed by atoms with Crippen LogP contribution in [0.4, 0.5) is 17.5 Å². The first kappa shape index (κ1) is 29.0. The zero-order valence-electron chi connectivity index (χ0n) is 23.9. The van der Waals surface area contributed by atoms with Gasteiger partial charge in [-0.2, -0.15) is 4.98 Å². The van der Waals surface area contributed by atoms with Gasteiger partial charge in [0.25, 0.3) is 0 Å². The number of hydrogen-bond acceptors (Lipinski definition) is 9. The molecule has 2 fully saturated rings. The monoisotopic (exact) mass is 554 g/mol. The summed E-state index contributed by atoms with van der Waals surface area (Å²) in [5, 5.41) is 13.3. The van der Waals surface area contributed by atoms with Gasteiger partial charge in [-0.1, -0.05) is 19.9 Å². The molecule has 4 atom stereocenters. The summed E-state index contributed by atoms with van der Waals surface area (Å²) >= 11 is 0. The summed E-state index contributed by atoms with van der Waals surface area (Å²) in [4.78, 5) is 17.9. The lowest BCUT2D eigenvalue weighted by molar-refractivity contribution is 0.131. The van der Waals surface area contributed by atoms with E-state index in [2.05, 4.69) is 78.6 Å². The second-order valence-corrected chi connectivity index (χ2v) is 13.6. The van der Waals surface area contributed by atoms with Crippen LogP contribution in [0.1, 0.15) is 63.1 Å². The number of nitrogens with zero attached hydrogens (tertiary/aromatic N) is 5. The van der Waals surface area contributed by atoms with E-state index in [0.717, 1.165) is 23.4 Å². The van der Waals surface area contributed by atoms with Crippen molar-refractivity contribution in [2.24, 2.45) is 10.9 Å². The van der Waals surface area contributed by atoms with Crippen molar-refractivity contribution in [2.45, 2.75) is 71.6 Å². The van der Waals surface area contributed by atoms with Gasteiger partial charge in [0.1, 0.15) is 21.5 Å². The highest BCUT2D eigenvalue weighted by Gasteiger charge is 2.38. The van der Waals surface area contributed by atoms with E-state index in [1.807, 2.05) is 12.1 Å². The Morgan fingerprint density at radius 3 is 2.64 bits per heavy atom. The first-order chi connectivity index (χ1) is 18.4. The van der Waals surface area contributed by atoms with Gasteiger partial charge in [-0.25, -0.2) is 18.4 Å². The van der Waals surface area contributed by atoms with E-state index in [-0.39, 0.29) is 29.9 Å². The number of benzene rings is 1. The Hall–Kier alpha value is -2.98. The number of piperidine rings is 1. The van der Waals surface area contributed by atoms with Crippen LogP contribution in [0.5, 0.6) is 0 Å². The topological polar surface area (TPSA) is 111 Å². The van der Waals surface area contributed by atoms with E-state index in [9.17, 15) is 13.5 Å². The fourth-order valence-electron chi connectivity index (χ4n) is 5.72. The average Bonchev–Trinajstić information content (AvgIpc) is 2.86. The lowest BCUT2D eigenvalue weighted by Gasteiger charge is -2.48. The maximum atomic E-state index is 11.8. The zero-order chi connectivity index (χ0) is 28.5. The van der Waals surface area contributed by atoms with Crippen molar-refractivity contribution >= 4 is 40.1 Å². The van der Waals surface area contributed by atoms with Crippen LogP contribution in [0.15, 0.2) is 35.2 Å². The summed E-state index contributed by atoms with van der Waals surface area (Å²) in [6.45, 7) is 15.9. The van der Waals surface area contributed by atoms with Crippen LogP contribution in [0.25, 0.3) is 6.08 Å². The molecule has 1 aromatic carbocycles. The third kappa shape index (κ3) is 6.61. The number of aliphatic hydroxyl groups excluding tert-OH is 1. The molecule has 2 saturated heterocycles. The predicted molar refractivity (Wildman–Crippen MR) is 161 cm³/mol. The standard InChI is InChI=1S/C29H42N6O3S/c1-18(2)24-8-9-26(35-16-22(21(35)5)17-39(7,37)38)20(4)25(24)15-28(30-6)32-27-10-12-31-29(33-27)34-13-11-23(36)14-19(34)3/h8-10,12,15,18-19,21-23,36H,6,11,13-14,16-17H2,1-5,7H3,(H,31,32,33)/b28-15+/t19-,21-,22-,23+/m1/s1. The van der Waals surface area contributed by atoms with Crippen LogP contribution in [0.2, 0.25) is 0 Å². The Bertz CT molecular complexity index is 1340. The Morgan fingerprint density at radius 2 is 2.03 bits per heavy atom. The largest absolute Gasteiger partial charge is 0.393 e. The third-order valence-corrected chi connectivity index (χ3v) is 9.06. The molecular formula is C29H42N6O3S. The minimum atomic E-state index is -3.01. The smallest absolute Gasteiger partial charge is 0.227 e. The molecule has 0 radical (unpaired) electrons. The van der Waals surface area contributed by atoms with E-state index in [1.54, 1.807) is 6.20 Å². The molecule has 0 unspecified atom stereocenters. The van der Waals surface area contributed by atoms with Crippen LogP contribution >= 0.6 is 0 Å². The van der Waals surface area contributed by atoms with E-state index >= 15 is 0 Å². The van der Waals surface area contributed by atoms with E-state index in [4.69, 9.17) is 4.98 Å². The van der Waals surface area contributed by atoms with Crippen molar-refractivity contribution in [2.75, 3.05) is 40.2 Å². The van der Waals surface area contributed by atoms with Gasteiger partial charge in [-0.15, -0.1) is 0 Å². The second kappa shape index (κ2) is 11.6. The Labute approximate surface area is 233 Å². The number of rotatable bonds is 9. The molecule has 0 spiro atoms. The minimum Gasteiger partial charge on any atom is -0.393 e. The fourth-order valence-corrected chi connectivity index (χ4v) is 6.88. The summed E-state index contributed by atoms with van der Waals surface area (Å²) in [7, 11) is -3.01. The Balaban J connectivity index is 1.61. The minimum absolute atomic E-state index is 0.132. The second-order valence-electron chi connectivity index (χ2n) is 11.4. The van der Waals surface area contributed by atoms with Gasteiger partial charge in [-0.3, -0.25) is 0 Å². The van der Waals surface area contributed by atoms with Crippen LogP contribution < -0.4 is 15.1 Å². The summed E-state index contributed by atoms with van der Waals surface area (Å²) in [5.74, 6) is 2.47. The highest BCUT2D eigenvalue weighted by atomic mass is 32.2. The van der Waals surface area contributed by atoms with Crippen molar-refractivity contribution in [1.82, 2.24) is 9.97 Å². The van der Waals surface area contributed by atoms with Crippen LogP contribution in [-0.2, 0) is 9.84 Å². The molecule has 2 aliphatic heterocycles. The van der Waals surface area contributed by atoms with Crippen molar-refractivity contribution < 1.29 is 13.5 Å². The molecule has 212 valence electrons. The number of aromatic nitrogens is 2. The molecule has 39 heavy (non-hydrogen) atoms. The Morgan fingerprint density at radius 1 is 1.28 bits per heavy atom. The van der Waals surface area contributed by atoms with E-state index < -0.39 is 9.84 Å². The van der Waals surface area contributed by atoms with Crippen molar-refractivity contribution in [1.29, 1.82) is 0 Å². The molecule has 10 heteroatoms. The van der Waals surface area contributed by atoms with E-state index in [1.165, 1.54) is 11.8 Å². The Kier molecular flexibility index (Phi) is 8.66. The number of sulfone groups is 1. The number of anilines is 3. The molecule has 1 aromatic heterocycles. The lowest BCUT2D eigenvalue weighted by atomic mass is 9.87. The SMILES string of the molecule is C=N/C(=C\c1c(C(C)C)ccc(N2C[C@H](CS(C)(=O)=O)[C@H]2C)c1C)Nc1ccnc(N2CC[C@H](O)C[C@H]2C)n1. The maximum Gasteiger partial charge on any atom is 0.227 e. The number of aliphatic hydroxyl groups is 1. The fraction of sp³-hybridized carbons (Fsp3) is 0.552. The summed E-state index contributed by atoms with van der Waals surface area (Å²) in [5.41, 5.74) is 4.50. The summed E-state index contributed by atoms with van der Waals surface area (Å²) in [6, 6.07) is 6.41. The van der Waals surface area contributed by atoms with Crippen molar-refractivity contribution in [3.05, 3.63) is 46.9 Å². The lowest BCUT2D eigenvalue weighted by Crippen LogP contribution is -2.57. The normalized spacial score (nSPS) is 24.1. The molecule has 0 bridgehead atoms. The maximum absolute atomic E-state index is 11.8. The first-order valence-electron chi connectivity index (χ1n) is 13.7. The molecule has 0 saturated carbocycles. The van der Waals surface area contributed by atoms with Gasteiger partial charge < -0.3 is 20.2 Å². The van der Waals surface area contributed by atoms with Crippen LogP contribution in [-0.4, -0.2) is 73.5 Å². The van der Waals surface area contributed by atoms with E-state index in [0.29, 0.717) is 42.9 Å². The van der Waals surface area contributed by atoms with Crippen molar-refractivity contribution in [3.8, 4) is 0 Å². The van der Waals surface area contributed by atoms with Gasteiger partial charge in [0.05, 0.1) is 11.9 Å². The summed E-state index contributed by atoms with van der Waals surface area (Å²) in [6.07, 6.45) is 6.16. The number of hydrogen-bond donors (Lipinski definition) is 2. The molecule has 9 nitrogen and oxygen atoms in total. The first-order valence-corrected chi connectivity index (χ1v) is 15.7. The molecule has 0 aliphatic carbocycles. The average molecular weight is 555 g/mol. The highest BCUT2D eigenvalue weighted by molar-refractivity contribution is 7.90. The van der Waals surface area contributed by atoms with Gasteiger partial charge in [-0.05, 0) is 81.1 Å². The summed E-state index contributed by atoms with van der Waals surface area (Å²) < 4.78 is 23.7. The molecule has 2 N–H and O–H groups in total. The van der Waals surface area contributed by atoms with Crippen LogP contribution in [0, 0.1) is 12.8 Å². The molecular weight excluding hydrogens is 512 g/mol. The van der Waals surface area contributed by atoms with Crippen LogP contribution in [0.3, 0.4) is 0 Å². The molecule has 2 aromatic rings. The molecule has 0 amide bonds. The van der Waals surface area contributed by atoms with Gasteiger partial charge >= 0.3 is 0 Å². The predicted octanol–water partition coefficient (Wildman–Crippen LogP) is 4.24. The van der Waals surface area contributed by atoms with Gasteiger partial charge in [0.15, 0.2) is 0 Å². The van der Waals surface area contributed by atoms with Crippen molar-refractivity contribution in [3.63, 3.8) is 0 Å². The number of aliphatic imine (C=N–C) groups is 1. The molecule has 2 aliphatic rings. The van der Waals surface area contributed by atoms with Gasteiger partial charge in [0, 0.05) is 49.2 Å². The quantitative estimate of drug-likeness (QED) is 0.443. The highest BCUT2D eigenvalue weighted by Crippen LogP contribution is 2.38. The molecule has 3 heterocycles. The number of nitrogens with one attached hydrogen (secondary N) is 1. The third-order valence-electron chi connectivity index (χ3n) is 8.03.